The molecule has 0 amide bonds. The molecule has 0 heterocycles. The van der Waals surface area contributed by atoms with Crippen LogP contribution in [0.4, 0.5) is 11.4 Å². The number of azo groups is 1. The van der Waals surface area contributed by atoms with Gasteiger partial charge in [0.25, 0.3) is 20.2 Å². The maximum absolute atomic E-state index is 11.8. The number of rotatable bonds is 4. The number of benzene rings is 3. The van der Waals surface area contributed by atoms with Gasteiger partial charge < -0.3 is 10.2 Å². The van der Waals surface area contributed by atoms with Crippen LogP contribution in [0, 0.1) is 0 Å². The average molecular weight is 459 g/mol. The van der Waals surface area contributed by atoms with E-state index < -0.39 is 47.2 Å². The molecule has 0 aliphatic heterocycles. The first-order chi connectivity index (χ1) is 13.4. The van der Waals surface area contributed by atoms with Crippen molar-refractivity contribution in [3.05, 3.63) is 47.5 Å². The van der Waals surface area contributed by atoms with Gasteiger partial charge in [0.15, 0.2) is 5.75 Å². The molecule has 3 aromatic rings. The van der Waals surface area contributed by atoms with E-state index in [2.05, 4.69) is 10.2 Å². The predicted molar refractivity (Wildman–Crippen MR) is 103 cm³/mol. The van der Waals surface area contributed by atoms with Gasteiger partial charge in [-0.25, -0.2) is 0 Å². The van der Waals surface area contributed by atoms with Crippen LogP contribution in [0.15, 0.2) is 62.5 Å². The molecule has 0 unspecified atom stereocenters. The van der Waals surface area contributed by atoms with Gasteiger partial charge in [-0.1, -0.05) is 17.7 Å². The van der Waals surface area contributed by atoms with Crippen LogP contribution in [-0.4, -0.2) is 36.2 Å². The van der Waals surface area contributed by atoms with E-state index in [4.69, 9.17) is 16.2 Å². The summed E-state index contributed by atoms with van der Waals surface area (Å²) in [6.45, 7) is 0. The molecule has 0 saturated carbocycles. The number of hydrogen-bond acceptors (Lipinski definition) is 8. The SMILES string of the molecule is O=S(=O)(O)c1cc(O)c2c(O)c(N=Nc3cccc(Cl)c3)c(S(=O)(=O)O)cc2c1. The molecule has 3 rings (SSSR count). The number of hydrogen-bond donors (Lipinski definition) is 4. The Morgan fingerprint density at radius 2 is 1.55 bits per heavy atom. The fourth-order valence-corrected chi connectivity index (χ4v) is 3.91. The van der Waals surface area contributed by atoms with Crippen LogP contribution in [0.3, 0.4) is 0 Å². The number of phenols is 2. The fraction of sp³-hybridized carbons (Fsp3) is 0. The summed E-state index contributed by atoms with van der Waals surface area (Å²) in [7, 11) is -9.70. The molecule has 0 aliphatic carbocycles. The van der Waals surface area contributed by atoms with Crippen LogP contribution in [0.25, 0.3) is 10.8 Å². The Bertz CT molecular complexity index is 1390. The lowest BCUT2D eigenvalue weighted by atomic mass is 10.1. The van der Waals surface area contributed by atoms with Gasteiger partial charge in [0.2, 0.25) is 0 Å². The number of nitrogens with zero attached hydrogens (tertiary/aromatic N) is 2. The molecule has 0 aromatic heterocycles. The highest BCUT2D eigenvalue weighted by molar-refractivity contribution is 7.86. The Morgan fingerprint density at radius 3 is 2.14 bits per heavy atom. The smallest absolute Gasteiger partial charge is 0.296 e. The molecule has 0 spiro atoms. The molecule has 0 bridgehead atoms. The van der Waals surface area contributed by atoms with Crippen molar-refractivity contribution in [1.82, 2.24) is 0 Å². The molecular formula is C16H11ClN2O8S2. The molecule has 152 valence electrons. The molecule has 10 nitrogen and oxygen atoms in total. The van der Waals surface area contributed by atoms with Gasteiger partial charge in [-0.05, 0) is 35.7 Å². The van der Waals surface area contributed by atoms with E-state index in [0.717, 1.165) is 12.1 Å². The second-order valence-electron chi connectivity index (χ2n) is 5.74. The van der Waals surface area contributed by atoms with Crippen LogP contribution in [-0.2, 0) is 20.2 Å². The zero-order valence-corrected chi connectivity index (χ0v) is 16.4. The van der Waals surface area contributed by atoms with Crippen LogP contribution >= 0.6 is 11.6 Å². The summed E-state index contributed by atoms with van der Waals surface area (Å²) in [6, 6.07) is 8.21. The van der Waals surface area contributed by atoms with Gasteiger partial charge in [0, 0.05) is 11.1 Å². The van der Waals surface area contributed by atoms with Crippen molar-refractivity contribution in [2.45, 2.75) is 9.79 Å². The topological polar surface area (TPSA) is 174 Å². The first-order valence-corrected chi connectivity index (χ1v) is 10.8. The van der Waals surface area contributed by atoms with Crippen molar-refractivity contribution in [2.75, 3.05) is 0 Å². The minimum absolute atomic E-state index is 0.198. The van der Waals surface area contributed by atoms with Crippen molar-refractivity contribution >= 4 is 54.0 Å². The van der Waals surface area contributed by atoms with Crippen molar-refractivity contribution < 1.29 is 36.2 Å². The van der Waals surface area contributed by atoms with Gasteiger partial charge in [-0.15, -0.1) is 5.11 Å². The lowest BCUT2D eigenvalue weighted by Gasteiger charge is -2.11. The lowest BCUT2D eigenvalue weighted by Crippen LogP contribution is -2.01. The maximum Gasteiger partial charge on any atom is 0.296 e. The maximum atomic E-state index is 11.8. The number of phenolic OH excluding ortho intramolecular Hbond substituents is 2. The lowest BCUT2D eigenvalue weighted by molar-refractivity contribution is 0.457. The van der Waals surface area contributed by atoms with Crippen LogP contribution < -0.4 is 0 Å². The summed E-state index contributed by atoms with van der Waals surface area (Å²) in [5.74, 6) is -1.67. The number of halogens is 1. The van der Waals surface area contributed by atoms with Gasteiger partial charge in [0.05, 0.1) is 16.0 Å². The quantitative estimate of drug-likeness (QED) is 0.337. The van der Waals surface area contributed by atoms with E-state index in [1.165, 1.54) is 12.1 Å². The Hall–Kier alpha value is -2.77. The van der Waals surface area contributed by atoms with Crippen LogP contribution in [0.2, 0.25) is 5.02 Å². The molecule has 4 N–H and O–H groups in total. The van der Waals surface area contributed by atoms with Gasteiger partial charge in [0.1, 0.15) is 16.3 Å². The van der Waals surface area contributed by atoms with Gasteiger partial charge >= 0.3 is 0 Å². The molecular weight excluding hydrogens is 448 g/mol. The summed E-state index contributed by atoms with van der Waals surface area (Å²) < 4.78 is 64.8. The minimum Gasteiger partial charge on any atom is -0.507 e. The highest BCUT2D eigenvalue weighted by atomic mass is 35.5. The molecule has 29 heavy (non-hydrogen) atoms. The van der Waals surface area contributed by atoms with E-state index in [1.807, 2.05) is 0 Å². The third-order valence-corrected chi connectivity index (χ3v) is 5.69. The standard InChI is InChI=1S/C16H11ClN2O8S2/c17-9-2-1-3-10(6-9)18-19-15-13(29(25,26)27)5-8-4-11(28(22,23)24)7-12(20)14(8)16(15)21/h1-7,20-21H,(H,22,23,24)(H,25,26,27). The van der Waals surface area contributed by atoms with Gasteiger partial charge in [-0.2, -0.15) is 21.9 Å². The van der Waals surface area contributed by atoms with E-state index in [0.29, 0.717) is 11.1 Å². The van der Waals surface area contributed by atoms with Crippen LogP contribution in [0.1, 0.15) is 0 Å². The molecule has 0 saturated heterocycles. The fourth-order valence-electron chi connectivity index (χ4n) is 2.53. The summed E-state index contributed by atoms with van der Waals surface area (Å²) in [5.41, 5.74) is -0.501. The van der Waals surface area contributed by atoms with Crippen molar-refractivity contribution in [3.63, 3.8) is 0 Å². The first kappa shape index (κ1) is 21.0. The summed E-state index contributed by atoms with van der Waals surface area (Å²) in [4.78, 5) is -1.66. The molecule has 13 heteroatoms. The number of fused-ring (bicyclic) bond motifs is 1. The zero-order chi connectivity index (χ0) is 21.6. The van der Waals surface area contributed by atoms with Gasteiger partial charge in [-0.3, -0.25) is 9.11 Å². The second kappa shape index (κ2) is 7.24. The largest absolute Gasteiger partial charge is 0.507 e. The highest BCUT2D eigenvalue weighted by Gasteiger charge is 2.25. The molecule has 0 radical (unpaired) electrons. The van der Waals surface area contributed by atoms with E-state index in [-0.39, 0.29) is 16.5 Å². The second-order valence-corrected chi connectivity index (χ2v) is 8.99. The monoisotopic (exact) mass is 458 g/mol. The summed E-state index contributed by atoms with van der Waals surface area (Å²) in [5, 5.41) is 27.6. The van der Waals surface area contributed by atoms with E-state index in [1.54, 1.807) is 12.1 Å². The van der Waals surface area contributed by atoms with Crippen molar-refractivity contribution in [2.24, 2.45) is 10.2 Å². The molecule has 0 fully saturated rings. The zero-order valence-electron chi connectivity index (χ0n) is 14.1. The molecule has 0 atom stereocenters. The van der Waals surface area contributed by atoms with E-state index >= 15 is 0 Å². The highest BCUT2D eigenvalue weighted by Crippen LogP contribution is 2.45. The Labute approximate surface area is 169 Å². The summed E-state index contributed by atoms with van der Waals surface area (Å²) >= 11 is 5.82. The minimum atomic E-state index is -4.95. The Morgan fingerprint density at radius 1 is 0.862 bits per heavy atom. The number of aromatic hydroxyl groups is 2. The molecule has 3 aromatic carbocycles. The summed E-state index contributed by atoms with van der Waals surface area (Å²) in [6.07, 6.45) is 0. The normalized spacial score (nSPS) is 12.7. The average Bonchev–Trinajstić information content (AvgIpc) is 2.58. The van der Waals surface area contributed by atoms with Crippen molar-refractivity contribution in [3.8, 4) is 11.5 Å². The third-order valence-electron chi connectivity index (χ3n) is 3.75. The Balaban J connectivity index is 2.34. The van der Waals surface area contributed by atoms with Crippen LogP contribution in [0.5, 0.6) is 11.5 Å². The Kier molecular flexibility index (Phi) is 5.23. The van der Waals surface area contributed by atoms with Crippen molar-refractivity contribution in [1.29, 1.82) is 0 Å². The third kappa shape index (κ3) is 4.31. The predicted octanol–water partition coefficient (Wildman–Crippen LogP) is 3.81. The van der Waals surface area contributed by atoms with E-state index in [9.17, 15) is 31.6 Å². The molecule has 0 aliphatic rings. The first-order valence-electron chi connectivity index (χ1n) is 7.53.